The van der Waals surface area contributed by atoms with Crippen LogP contribution in [0.15, 0.2) is 18.2 Å². The first-order valence-electron chi connectivity index (χ1n) is 6.36. The number of rotatable bonds is 6. The summed E-state index contributed by atoms with van der Waals surface area (Å²) in [6, 6.07) is 6.00. The number of carboxylic acids is 2. The molecule has 0 radical (unpaired) electrons. The second-order valence-electron chi connectivity index (χ2n) is 4.85. The van der Waals surface area contributed by atoms with Crippen LogP contribution in [-0.4, -0.2) is 28.7 Å². The highest BCUT2D eigenvalue weighted by atomic mass is 16.4. The molecular weight excluding hydrogens is 246 g/mol. The van der Waals surface area contributed by atoms with Crippen LogP contribution in [0.25, 0.3) is 0 Å². The van der Waals surface area contributed by atoms with Gasteiger partial charge in [-0.15, -0.1) is 0 Å². The molecule has 0 heterocycles. The number of anilines is 1. The SMILES string of the molecule is O=C(O)CC(CNc1ccc2c(c1)CCC2)C(=O)O. The number of fused-ring (bicyclic) bond motifs is 1. The maximum Gasteiger partial charge on any atom is 0.308 e. The number of hydrogen-bond acceptors (Lipinski definition) is 3. The third-order valence-electron chi connectivity index (χ3n) is 3.42. The first-order valence-corrected chi connectivity index (χ1v) is 6.36. The summed E-state index contributed by atoms with van der Waals surface area (Å²) in [7, 11) is 0. The minimum atomic E-state index is -1.09. The van der Waals surface area contributed by atoms with Crippen LogP contribution in [0.1, 0.15) is 24.0 Å². The fourth-order valence-electron chi connectivity index (χ4n) is 2.38. The van der Waals surface area contributed by atoms with Crippen molar-refractivity contribution < 1.29 is 19.8 Å². The summed E-state index contributed by atoms with van der Waals surface area (Å²) in [6.07, 6.45) is 2.96. The van der Waals surface area contributed by atoms with Crippen molar-refractivity contribution in [1.82, 2.24) is 0 Å². The van der Waals surface area contributed by atoms with Gasteiger partial charge in [0, 0.05) is 12.2 Å². The number of aryl methyl sites for hydroxylation is 2. The average Bonchev–Trinajstić information content (AvgIpc) is 2.80. The van der Waals surface area contributed by atoms with Gasteiger partial charge < -0.3 is 15.5 Å². The van der Waals surface area contributed by atoms with Gasteiger partial charge in [-0.05, 0) is 42.5 Å². The van der Waals surface area contributed by atoms with Crippen molar-refractivity contribution in [3.63, 3.8) is 0 Å². The summed E-state index contributed by atoms with van der Waals surface area (Å²) >= 11 is 0. The lowest BCUT2D eigenvalue weighted by molar-refractivity contribution is -0.147. The summed E-state index contributed by atoms with van der Waals surface area (Å²) in [5.41, 5.74) is 3.51. The maximum absolute atomic E-state index is 10.9. The van der Waals surface area contributed by atoms with Gasteiger partial charge >= 0.3 is 11.9 Å². The molecule has 0 saturated carbocycles. The van der Waals surface area contributed by atoms with Gasteiger partial charge in [0.25, 0.3) is 0 Å². The van der Waals surface area contributed by atoms with Crippen LogP contribution in [0, 0.1) is 5.92 Å². The van der Waals surface area contributed by atoms with Gasteiger partial charge in [0.1, 0.15) is 0 Å². The molecule has 1 aromatic rings. The summed E-state index contributed by atoms with van der Waals surface area (Å²) in [5.74, 6) is -3.09. The Morgan fingerprint density at radius 3 is 2.63 bits per heavy atom. The Kier molecular flexibility index (Phi) is 4.04. The normalized spacial score (nSPS) is 14.7. The van der Waals surface area contributed by atoms with Crippen molar-refractivity contribution in [3.8, 4) is 0 Å². The Morgan fingerprint density at radius 2 is 1.95 bits per heavy atom. The highest BCUT2D eigenvalue weighted by molar-refractivity contribution is 5.78. The lowest BCUT2D eigenvalue weighted by Crippen LogP contribution is -2.25. The first-order chi connectivity index (χ1) is 9.06. The van der Waals surface area contributed by atoms with Crippen LogP contribution in [0.3, 0.4) is 0 Å². The number of nitrogens with one attached hydrogen (secondary N) is 1. The van der Waals surface area contributed by atoms with E-state index in [-0.39, 0.29) is 13.0 Å². The lowest BCUT2D eigenvalue weighted by Gasteiger charge is -2.13. The molecule has 0 saturated heterocycles. The van der Waals surface area contributed by atoms with E-state index < -0.39 is 17.9 Å². The largest absolute Gasteiger partial charge is 0.481 e. The van der Waals surface area contributed by atoms with Gasteiger partial charge in [0.15, 0.2) is 0 Å². The van der Waals surface area contributed by atoms with Crippen LogP contribution in [-0.2, 0) is 22.4 Å². The van der Waals surface area contributed by atoms with Crippen LogP contribution in [0.2, 0.25) is 0 Å². The molecule has 1 aliphatic rings. The predicted octanol–water partition coefficient (Wildman–Crippen LogP) is 1.76. The van der Waals surface area contributed by atoms with Gasteiger partial charge in [-0.1, -0.05) is 6.07 Å². The van der Waals surface area contributed by atoms with Crippen molar-refractivity contribution in [1.29, 1.82) is 0 Å². The van der Waals surface area contributed by atoms with Crippen molar-refractivity contribution in [2.45, 2.75) is 25.7 Å². The fraction of sp³-hybridized carbons (Fsp3) is 0.429. The third kappa shape index (κ3) is 3.47. The van der Waals surface area contributed by atoms with Crippen LogP contribution >= 0.6 is 0 Å². The summed E-state index contributed by atoms with van der Waals surface area (Å²) in [5, 5.41) is 20.6. The number of carboxylic acid groups (broad SMARTS) is 2. The molecule has 1 unspecified atom stereocenters. The average molecular weight is 263 g/mol. The monoisotopic (exact) mass is 263 g/mol. The van der Waals surface area contributed by atoms with Crippen molar-refractivity contribution in [3.05, 3.63) is 29.3 Å². The Bertz CT molecular complexity index is 498. The Labute approximate surface area is 111 Å². The smallest absolute Gasteiger partial charge is 0.308 e. The molecule has 102 valence electrons. The molecule has 0 bridgehead atoms. The zero-order valence-electron chi connectivity index (χ0n) is 10.6. The molecule has 0 fully saturated rings. The molecule has 0 spiro atoms. The summed E-state index contributed by atoms with van der Waals surface area (Å²) in [4.78, 5) is 21.5. The molecule has 0 aromatic heterocycles. The summed E-state index contributed by atoms with van der Waals surface area (Å²) < 4.78 is 0. The highest BCUT2D eigenvalue weighted by Crippen LogP contribution is 2.25. The molecule has 1 aromatic carbocycles. The number of aliphatic carboxylic acids is 2. The molecular formula is C14H17NO4. The maximum atomic E-state index is 10.9. The topological polar surface area (TPSA) is 86.6 Å². The Hall–Kier alpha value is -2.04. The standard InChI is InChI=1S/C14H17NO4/c16-13(17)7-11(14(18)19)8-15-12-5-4-9-2-1-3-10(9)6-12/h4-6,11,15H,1-3,7-8H2,(H,16,17)(H,18,19). The van der Waals surface area contributed by atoms with E-state index in [1.54, 1.807) is 0 Å². The van der Waals surface area contributed by atoms with Crippen LogP contribution in [0.4, 0.5) is 5.69 Å². The zero-order valence-corrected chi connectivity index (χ0v) is 10.6. The van der Waals surface area contributed by atoms with E-state index in [2.05, 4.69) is 11.4 Å². The van der Waals surface area contributed by atoms with Crippen LogP contribution in [0.5, 0.6) is 0 Å². The van der Waals surface area contributed by atoms with Gasteiger partial charge in [0.2, 0.25) is 0 Å². The lowest BCUT2D eigenvalue weighted by atomic mass is 10.1. The first kappa shape index (κ1) is 13.4. The van der Waals surface area contributed by atoms with Crippen LogP contribution < -0.4 is 5.32 Å². The van der Waals surface area contributed by atoms with Gasteiger partial charge in [-0.2, -0.15) is 0 Å². The fourth-order valence-corrected chi connectivity index (χ4v) is 2.38. The van der Waals surface area contributed by atoms with Crippen molar-refractivity contribution >= 4 is 17.6 Å². The van der Waals surface area contributed by atoms with Gasteiger partial charge in [-0.25, -0.2) is 0 Å². The van der Waals surface area contributed by atoms with Crippen molar-refractivity contribution in [2.24, 2.45) is 5.92 Å². The van der Waals surface area contributed by atoms with Gasteiger partial charge in [0.05, 0.1) is 12.3 Å². The Morgan fingerprint density at radius 1 is 1.21 bits per heavy atom. The molecule has 0 aliphatic heterocycles. The third-order valence-corrected chi connectivity index (χ3v) is 3.42. The predicted molar refractivity (Wildman–Crippen MR) is 70.3 cm³/mol. The molecule has 1 atom stereocenters. The second kappa shape index (κ2) is 5.73. The van der Waals surface area contributed by atoms with E-state index in [4.69, 9.17) is 10.2 Å². The van der Waals surface area contributed by atoms with E-state index in [1.807, 2.05) is 12.1 Å². The minimum Gasteiger partial charge on any atom is -0.481 e. The number of hydrogen-bond donors (Lipinski definition) is 3. The van der Waals surface area contributed by atoms with E-state index in [0.29, 0.717) is 0 Å². The number of benzene rings is 1. The van der Waals surface area contributed by atoms with E-state index in [9.17, 15) is 9.59 Å². The zero-order chi connectivity index (χ0) is 13.8. The quantitative estimate of drug-likeness (QED) is 0.728. The Balaban J connectivity index is 1.97. The molecule has 3 N–H and O–H groups in total. The number of carbonyl (C=O) groups is 2. The van der Waals surface area contributed by atoms with Gasteiger partial charge in [-0.3, -0.25) is 9.59 Å². The van der Waals surface area contributed by atoms with E-state index in [1.165, 1.54) is 11.1 Å². The second-order valence-corrected chi connectivity index (χ2v) is 4.85. The summed E-state index contributed by atoms with van der Waals surface area (Å²) in [6.45, 7) is 0.125. The molecule has 5 heteroatoms. The molecule has 1 aliphatic carbocycles. The molecule has 19 heavy (non-hydrogen) atoms. The molecule has 2 rings (SSSR count). The highest BCUT2D eigenvalue weighted by Gasteiger charge is 2.21. The van der Waals surface area contributed by atoms with E-state index >= 15 is 0 Å². The van der Waals surface area contributed by atoms with Crippen molar-refractivity contribution in [2.75, 3.05) is 11.9 Å². The molecule has 0 amide bonds. The van der Waals surface area contributed by atoms with E-state index in [0.717, 1.165) is 24.9 Å². The molecule has 5 nitrogen and oxygen atoms in total. The minimum absolute atomic E-state index is 0.125.